The van der Waals surface area contributed by atoms with Crippen molar-refractivity contribution in [2.75, 3.05) is 34.3 Å². The summed E-state index contributed by atoms with van der Waals surface area (Å²) in [6, 6.07) is 9.47. The summed E-state index contributed by atoms with van der Waals surface area (Å²) in [6.07, 6.45) is 0. The zero-order valence-corrected chi connectivity index (χ0v) is 18.5. The SMILES string of the molecule is COc1cc([C@@H]2C(=C(O)c3cc(C)ccc3C)C(=O)C(=O)N2CCN(C)C)ccc1O. The molecular weight excluding hydrogens is 396 g/mol. The number of aromatic hydroxyl groups is 1. The van der Waals surface area contributed by atoms with Crippen LogP contribution in [0.15, 0.2) is 42.0 Å². The van der Waals surface area contributed by atoms with Crippen molar-refractivity contribution in [3.63, 3.8) is 0 Å². The third kappa shape index (κ3) is 4.27. The van der Waals surface area contributed by atoms with E-state index in [-0.39, 0.29) is 22.8 Å². The number of aryl methyl sites for hydroxylation is 2. The summed E-state index contributed by atoms with van der Waals surface area (Å²) in [4.78, 5) is 29.4. The Hall–Kier alpha value is -3.32. The van der Waals surface area contributed by atoms with E-state index < -0.39 is 17.7 Å². The van der Waals surface area contributed by atoms with Crippen molar-refractivity contribution < 1.29 is 24.5 Å². The number of rotatable bonds is 6. The highest BCUT2D eigenvalue weighted by molar-refractivity contribution is 6.46. The molecule has 7 nitrogen and oxygen atoms in total. The number of amides is 1. The fourth-order valence-corrected chi connectivity index (χ4v) is 3.77. The molecule has 1 aliphatic rings. The Balaban J connectivity index is 2.23. The molecule has 1 aliphatic heterocycles. The van der Waals surface area contributed by atoms with Crippen LogP contribution in [0.3, 0.4) is 0 Å². The minimum atomic E-state index is -0.797. The Kier molecular flexibility index (Phi) is 6.36. The number of Topliss-reactive ketones (excluding diaryl/α,β-unsaturated/α-hetero) is 1. The number of likely N-dealkylation sites (tertiary alicyclic amines) is 1. The smallest absolute Gasteiger partial charge is 0.295 e. The number of methoxy groups -OCH3 is 1. The van der Waals surface area contributed by atoms with Crippen LogP contribution in [-0.4, -0.2) is 66.0 Å². The number of benzene rings is 2. The average Bonchev–Trinajstić information content (AvgIpc) is 2.98. The van der Waals surface area contributed by atoms with E-state index in [1.54, 1.807) is 18.2 Å². The van der Waals surface area contributed by atoms with Gasteiger partial charge in [-0.15, -0.1) is 0 Å². The number of carbonyl (C=O) groups is 2. The van der Waals surface area contributed by atoms with E-state index >= 15 is 0 Å². The van der Waals surface area contributed by atoms with Gasteiger partial charge in [-0.05, 0) is 57.3 Å². The molecule has 1 fully saturated rings. The molecule has 1 atom stereocenters. The maximum absolute atomic E-state index is 13.1. The summed E-state index contributed by atoms with van der Waals surface area (Å²) in [6.45, 7) is 4.58. The number of nitrogens with zero attached hydrogens (tertiary/aromatic N) is 2. The van der Waals surface area contributed by atoms with Crippen LogP contribution in [-0.2, 0) is 9.59 Å². The Labute approximate surface area is 182 Å². The lowest BCUT2D eigenvalue weighted by molar-refractivity contribution is -0.140. The Morgan fingerprint density at radius 2 is 1.84 bits per heavy atom. The van der Waals surface area contributed by atoms with E-state index in [4.69, 9.17) is 4.74 Å². The van der Waals surface area contributed by atoms with Crippen molar-refractivity contribution in [2.24, 2.45) is 0 Å². The molecule has 0 aromatic heterocycles. The fraction of sp³-hybridized carbons (Fsp3) is 0.333. The van der Waals surface area contributed by atoms with Gasteiger partial charge in [-0.3, -0.25) is 9.59 Å². The average molecular weight is 424 g/mol. The van der Waals surface area contributed by atoms with Crippen LogP contribution >= 0.6 is 0 Å². The number of ether oxygens (including phenoxy) is 1. The molecule has 0 radical (unpaired) electrons. The van der Waals surface area contributed by atoms with Crippen LogP contribution in [0.4, 0.5) is 0 Å². The van der Waals surface area contributed by atoms with Crippen molar-refractivity contribution >= 4 is 17.4 Å². The first-order valence-corrected chi connectivity index (χ1v) is 10.0. The second-order valence-corrected chi connectivity index (χ2v) is 8.05. The highest BCUT2D eigenvalue weighted by atomic mass is 16.5. The van der Waals surface area contributed by atoms with Gasteiger partial charge in [-0.1, -0.05) is 23.8 Å². The molecule has 31 heavy (non-hydrogen) atoms. The zero-order chi connectivity index (χ0) is 22.9. The first kappa shape index (κ1) is 22.4. The van der Waals surface area contributed by atoms with Gasteiger partial charge in [0.25, 0.3) is 11.7 Å². The van der Waals surface area contributed by atoms with Crippen LogP contribution in [0.5, 0.6) is 11.5 Å². The summed E-state index contributed by atoms with van der Waals surface area (Å²) in [5, 5.41) is 21.2. The largest absolute Gasteiger partial charge is 0.507 e. The molecule has 3 rings (SSSR count). The standard InChI is InChI=1S/C24H28N2O5/c1-14-6-7-15(2)17(12-14)22(28)20-21(16-8-9-18(27)19(13-16)31-5)26(11-10-25(3)4)24(30)23(20)29/h6-9,12-13,21,27-28H,10-11H2,1-5H3/t21-/m1/s1. The molecule has 0 spiro atoms. The lowest BCUT2D eigenvalue weighted by Crippen LogP contribution is -2.35. The van der Waals surface area contributed by atoms with Gasteiger partial charge < -0.3 is 24.7 Å². The number of likely N-dealkylation sites (N-methyl/N-ethyl adjacent to an activating group) is 1. The molecule has 2 aromatic rings. The summed E-state index contributed by atoms with van der Waals surface area (Å²) < 4.78 is 5.22. The van der Waals surface area contributed by atoms with Crippen molar-refractivity contribution in [2.45, 2.75) is 19.9 Å². The molecule has 2 aromatic carbocycles. The number of carbonyl (C=O) groups excluding carboxylic acids is 2. The quantitative estimate of drug-likeness (QED) is 0.421. The minimum absolute atomic E-state index is 0.0326. The van der Waals surface area contributed by atoms with Crippen molar-refractivity contribution in [1.29, 1.82) is 0 Å². The maximum Gasteiger partial charge on any atom is 0.295 e. The van der Waals surface area contributed by atoms with Gasteiger partial charge in [0.15, 0.2) is 11.5 Å². The van der Waals surface area contributed by atoms with E-state index in [9.17, 15) is 19.8 Å². The van der Waals surface area contributed by atoms with Crippen molar-refractivity contribution in [1.82, 2.24) is 9.80 Å². The molecule has 0 bridgehead atoms. The molecule has 0 saturated carbocycles. The number of ketones is 1. The molecule has 1 amide bonds. The lowest BCUT2D eigenvalue weighted by Gasteiger charge is -2.27. The Bertz CT molecular complexity index is 1060. The van der Waals surface area contributed by atoms with Crippen LogP contribution in [0.25, 0.3) is 5.76 Å². The van der Waals surface area contributed by atoms with E-state index in [0.29, 0.717) is 24.2 Å². The Morgan fingerprint density at radius 1 is 1.13 bits per heavy atom. The molecular formula is C24H28N2O5. The molecule has 0 aliphatic carbocycles. The second-order valence-electron chi connectivity index (χ2n) is 8.05. The monoisotopic (exact) mass is 424 g/mol. The lowest BCUT2D eigenvalue weighted by atomic mass is 9.93. The molecule has 0 unspecified atom stereocenters. The van der Waals surface area contributed by atoms with Gasteiger partial charge in [-0.25, -0.2) is 0 Å². The predicted molar refractivity (Wildman–Crippen MR) is 118 cm³/mol. The molecule has 7 heteroatoms. The maximum atomic E-state index is 13.1. The van der Waals surface area contributed by atoms with E-state index in [0.717, 1.165) is 11.1 Å². The molecule has 2 N–H and O–H groups in total. The predicted octanol–water partition coefficient (Wildman–Crippen LogP) is 3.00. The third-order valence-electron chi connectivity index (χ3n) is 5.50. The number of aliphatic hydroxyl groups is 1. The Morgan fingerprint density at radius 3 is 2.48 bits per heavy atom. The van der Waals surface area contributed by atoms with Gasteiger partial charge in [-0.2, -0.15) is 0 Å². The third-order valence-corrected chi connectivity index (χ3v) is 5.50. The topological polar surface area (TPSA) is 90.3 Å². The highest BCUT2D eigenvalue weighted by Crippen LogP contribution is 2.42. The van der Waals surface area contributed by atoms with E-state index in [1.165, 1.54) is 18.1 Å². The van der Waals surface area contributed by atoms with Gasteiger partial charge >= 0.3 is 0 Å². The minimum Gasteiger partial charge on any atom is -0.507 e. The number of phenols is 1. The van der Waals surface area contributed by atoms with Crippen LogP contribution in [0, 0.1) is 13.8 Å². The molecule has 164 valence electrons. The summed E-state index contributed by atoms with van der Waals surface area (Å²) in [5.74, 6) is -1.42. The zero-order valence-electron chi connectivity index (χ0n) is 18.5. The molecule has 1 heterocycles. The van der Waals surface area contributed by atoms with Crippen molar-refractivity contribution in [3.05, 3.63) is 64.2 Å². The first-order chi connectivity index (χ1) is 14.6. The fourth-order valence-electron chi connectivity index (χ4n) is 3.77. The first-order valence-electron chi connectivity index (χ1n) is 10.0. The van der Waals surface area contributed by atoms with E-state index in [1.807, 2.05) is 45.0 Å². The molecule has 1 saturated heterocycles. The summed E-state index contributed by atoms with van der Waals surface area (Å²) >= 11 is 0. The number of aliphatic hydroxyl groups excluding tert-OH is 1. The normalized spacial score (nSPS) is 18.1. The van der Waals surface area contributed by atoms with Gasteiger partial charge in [0.2, 0.25) is 0 Å². The highest BCUT2D eigenvalue weighted by Gasteiger charge is 2.46. The van der Waals surface area contributed by atoms with E-state index in [2.05, 4.69) is 0 Å². The number of phenolic OH excluding ortho intramolecular Hbond substituents is 1. The van der Waals surface area contributed by atoms with Gasteiger partial charge in [0.05, 0.1) is 18.7 Å². The second kappa shape index (κ2) is 8.81. The van der Waals surface area contributed by atoms with Gasteiger partial charge in [0.1, 0.15) is 5.76 Å². The van der Waals surface area contributed by atoms with Crippen molar-refractivity contribution in [3.8, 4) is 11.5 Å². The number of hydrogen-bond acceptors (Lipinski definition) is 6. The van der Waals surface area contributed by atoms with Crippen LogP contribution in [0.1, 0.15) is 28.3 Å². The van der Waals surface area contributed by atoms with Gasteiger partial charge in [0, 0.05) is 18.7 Å². The summed E-state index contributed by atoms with van der Waals surface area (Å²) in [5.41, 5.74) is 2.84. The number of hydrogen-bond donors (Lipinski definition) is 2. The van der Waals surface area contributed by atoms with Crippen LogP contribution < -0.4 is 4.74 Å². The van der Waals surface area contributed by atoms with Crippen LogP contribution in [0.2, 0.25) is 0 Å². The summed E-state index contributed by atoms with van der Waals surface area (Å²) in [7, 11) is 5.19.